The summed E-state index contributed by atoms with van der Waals surface area (Å²) in [6.45, 7) is 1.78. The van der Waals surface area contributed by atoms with E-state index in [-0.39, 0.29) is 0 Å². The number of hydrogen-bond acceptors (Lipinski definition) is 5. The summed E-state index contributed by atoms with van der Waals surface area (Å²) in [6.07, 6.45) is -2.83. The largest absolute Gasteiger partial charge is 0.463 e. The van der Waals surface area contributed by atoms with E-state index in [2.05, 4.69) is 25.5 Å². The van der Waals surface area contributed by atoms with Crippen molar-refractivity contribution in [3.05, 3.63) is 66.1 Å². The monoisotopic (exact) mass is 385 g/mol. The zero-order chi connectivity index (χ0) is 19.7. The Morgan fingerprint density at radius 1 is 1.04 bits per heavy atom. The zero-order valence-corrected chi connectivity index (χ0v) is 14.6. The highest BCUT2D eigenvalue weighted by molar-refractivity contribution is 5.63. The van der Waals surface area contributed by atoms with E-state index < -0.39 is 11.7 Å². The molecule has 2 N–H and O–H groups in total. The van der Waals surface area contributed by atoms with Crippen LogP contribution in [0.5, 0.6) is 0 Å². The van der Waals surface area contributed by atoms with Crippen molar-refractivity contribution in [2.75, 3.05) is 5.32 Å². The molecule has 0 saturated heterocycles. The van der Waals surface area contributed by atoms with Gasteiger partial charge in [-0.1, -0.05) is 12.1 Å². The molecule has 4 aromatic rings. The summed E-state index contributed by atoms with van der Waals surface area (Å²) in [5.41, 5.74) is 1.06. The van der Waals surface area contributed by atoms with Crippen molar-refractivity contribution in [3.8, 4) is 22.8 Å². The molecule has 28 heavy (non-hydrogen) atoms. The summed E-state index contributed by atoms with van der Waals surface area (Å²) >= 11 is 0. The number of rotatable bonds is 4. The van der Waals surface area contributed by atoms with E-state index in [1.54, 1.807) is 37.5 Å². The number of H-pyrrole nitrogens is 1. The lowest BCUT2D eigenvalue weighted by atomic mass is 10.1. The minimum absolute atomic E-state index is 0.321. The first-order valence-corrected chi connectivity index (χ1v) is 8.28. The molecule has 0 saturated carbocycles. The number of alkyl halides is 3. The molecule has 0 bridgehead atoms. The highest BCUT2D eigenvalue weighted by Crippen LogP contribution is 2.30. The molecule has 6 nitrogen and oxygen atoms in total. The van der Waals surface area contributed by atoms with E-state index in [9.17, 15) is 13.2 Å². The van der Waals surface area contributed by atoms with Gasteiger partial charge in [0.15, 0.2) is 11.6 Å². The summed E-state index contributed by atoms with van der Waals surface area (Å²) in [4.78, 5) is 8.70. The Morgan fingerprint density at radius 2 is 1.82 bits per heavy atom. The number of halogens is 3. The third-order valence-corrected chi connectivity index (χ3v) is 3.94. The molecule has 0 radical (unpaired) electrons. The van der Waals surface area contributed by atoms with Crippen molar-refractivity contribution in [2.24, 2.45) is 0 Å². The standard InChI is InChI=1S/C19H14F3N5O/c1-11-9-16(24-17-10-14(26-27-17)15-3-2-8-28-15)25-18(23-11)12-4-6-13(7-5-12)19(20,21)22/h2-10H,1H3,(H2,23,24,25,26,27). The molecule has 142 valence electrons. The number of nitrogens with zero attached hydrogens (tertiary/aromatic N) is 3. The van der Waals surface area contributed by atoms with Gasteiger partial charge in [0.05, 0.1) is 11.8 Å². The van der Waals surface area contributed by atoms with Crippen LogP contribution >= 0.6 is 0 Å². The van der Waals surface area contributed by atoms with Crippen LogP contribution in [0, 0.1) is 6.92 Å². The van der Waals surface area contributed by atoms with Crippen LogP contribution in [0.1, 0.15) is 11.3 Å². The van der Waals surface area contributed by atoms with Crippen LogP contribution in [0.25, 0.3) is 22.8 Å². The summed E-state index contributed by atoms with van der Waals surface area (Å²) in [6, 6.07) is 11.8. The van der Waals surface area contributed by atoms with E-state index in [0.29, 0.717) is 40.2 Å². The van der Waals surface area contributed by atoms with E-state index >= 15 is 0 Å². The van der Waals surface area contributed by atoms with E-state index in [0.717, 1.165) is 12.1 Å². The first kappa shape index (κ1) is 17.8. The predicted octanol–water partition coefficient (Wildman–Crippen LogP) is 5.20. The Labute approximate surface area is 157 Å². The minimum atomic E-state index is -4.38. The van der Waals surface area contributed by atoms with Gasteiger partial charge in [-0.25, -0.2) is 9.97 Å². The number of aromatic amines is 1. The molecule has 3 aromatic heterocycles. The van der Waals surface area contributed by atoms with Gasteiger partial charge < -0.3 is 9.73 Å². The van der Waals surface area contributed by atoms with Crippen LogP contribution in [0.3, 0.4) is 0 Å². The lowest BCUT2D eigenvalue weighted by Gasteiger charge is -2.09. The fourth-order valence-corrected chi connectivity index (χ4v) is 2.64. The molecule has 9 heteroatoms. The van der Waals surface area contributed by atoms with E-state index in [1.165, 1.54) is 12.1 Å². The maximum Gasteiger partial charge on any atom is 0.416 e. The quantitative estimate of drug-likeness (QED) is 0.505. The smallest absolute Gasteiger partial charge is 0.416 e. The molecular weight excluding hydrogens is 371 g/mol. The van der Waals surface area contributed by atoms with Gasteiger partial charge in [-0.2, -0.15) is 18.3 Å². The van der Waals surface area contributed by atoms with Gasteiger partial charge in [0.25, 0.3) is 0 Å². The van der Waals surface area contributed by atoms with Crippen molar-refractivity contribution in [1.82, 2.24) is 20.2 Å². The van der Waals surface area contributed by atoms with Crippen molar-refractivity contribution >= 4 is 11.6 Å². The van der Waals surface area contributed by atoms with Gasteiger partial charge in [-0.3, -0.25) is 5.10 Å². The molecule has 0 unspecified atom stereocenters. The van der Waals surface area contributed by atoms with E-state index in [1.807, 2.05) is 0 Å². The Morgan fingerprint density at radius 3 is 2.50 bits per heavy atom. The van der Waals surface area contributed by atoms with Gasteiger partial charge in [-0.05, 0) is 31.2 Å². The van der Waals surface area contributed by atoms with Crippen LogP contribution in [-0.2, 0) is 6.18 Å². The molecule has 0 aliphatic heterocycles. The molecule has 0 amide bonds. The molecule has 0 aliphatic carbocycles. The number of aryl methyl sites for hydroxylation is 1. The number of benzene rings is 1. The maximum absolute atomic E-state index is 12.7. The van der Waals surface area contributed by atoms with Gasteiger partial charge in [-0.15, -0.1) is 0 Å². The summed E-state index contributed by atoms with van der Waals surface area (Å²) < 4.78 is 43.5. The average molecular weight is 385 g/mol. The van der Waals surface area contributed by atoms with Crippen LogP contribution in [0.2, 0.25) is 0 Å². The van der Waals surface area contributed by atoms with Crippen molar-refractivity contribution in [2.45, 2.75) is 13.1 Å². The van der Waals surface area contributed by atoms with Crippen molar-refractivity contribution < 1.29 is 17.6 Å². The van der Waals surface area contributed by atoms with Crippen LogP contribution in [-0.4, -0.2) is 20.2 Å². The molecule has 0 atom stereocenters. The number of aromatic nitrogens is 4. The third-order valence-electron chi connectivity index (χ3n) is 3.94. The number of anilines is 2. The average Bonchev–Trinajstić information content (AvgIpc) is 3.32. The minimum Gasteiger partial charge on any atom is -0.463 e. The first-order chi connectivity index (χ1) is 13.4. The van der Waals surface area contributed by atoms with Crippen molar-refractivity contribution in [3.63, 3.8) is 0 Å². The molecule has 3 heterocycles. The second kappa shape index (κ2) is 6.84. The van der Waals surface area contributed by atoms with Gasteiger partial charge >= 0.3 is 6.18 Å². The normalized spacial score (nSPS) is 11.6. The molecule has 0 aliphatic rings. The molecule has 4 rings (SSSR count). The Balaban J connectivity index is 1.59. The van der Waals surface area contributed by atoms with Gasteiger partial charge in [0, 0.05) is 23.4 Å². The maximum atomic E-state index is 12.7. The summed E-state index contributed by atoms with van der Waals surface area (Å²) in [5, 5.41) is 10.1. The SMILES string of the molecule is Cc1cc(Nc2cc(-c3ccco3)n[nH]2)nc(-c2ccc(C(F)(F)F)cc2)n1. The van der Waals surface area contributed by atoms with Crippen LogP contribution in [0.4, 0.5) is 24.8 Å². The lowest BCUT2D eigenvalue weighted by molar-refractivity contribution is -0.137. The van der Waals surface area contributed by atoms with Gasteiger partial charge in [0.2, 0.25) is 0 Å². The highest BCUT2D eigenvalue weighted by Gasteiger charge is 2.30. The van der Waals surface area contributed by atoms with Gasteiger partial charge in [0.1, 0.15) is 17.3 Å². The number of furan rings is 1. The number of nitrogens with one attached hydrogen (secondary N) is 2. The molecule has 0 spiro atoms. The second-order valence-corrected chi connectivity index (χ2v) is 6.06. The number of hydrogen-bond donors (Lipinski definition) is 2. The predicted molar refractivity (Wildman–Crippen MR) is 96.8 cm³/mol. The lowest BCUT2D eigenvalue weighted by Crippen LogP contribution is -2.04. The Kier molecular flexibility index (Phi) is 4.34. The van der Waals surface area contributed by atoms with Crippen molar-refractivity contribution in [1.29, 1.82) is 0 Å². The molecule has 0 fully saturated rings. The summed E-state index contributed by atoms with van der Waals surface area (Å²) in [7, 11) is 0. The second-order valence-electron chi connectivity index (χ2n) is 6.06. The Bertz CT molecular complexity index is 1090. The molecule has 1 aromatic carbocycles. The highest BCUT2D eigenvalue weighted by atomic mass is 19.4. The third kappa shape index (κ3) is 3.73. The fourth-order valence-electron chi connectivity index (χ4n) is 2.64. The molecular formula is C19H14F3N5O. The zero-order valence-electron chi connectivity index (χ0n) is 14.6. The topological polar surface area (TPSA) is 79.6 Å². The summed E-state index contributed by atoms with van der Waals surface area (Å²) in [5.74, 6) is 2.01. The van der Waals surface area contributed by atoms with Crippen LogP contribution < -0.4 is 5.32 Å². The Hall–Kier alpha value is -3.62. The first-order valence-electron chi connectivity index (χ1n) is 8.28. The van der Waals surface area contributed by atoms with E-state index in [4.69, 9.17) is 4.42 Å². The van der Waals surface area contributed by atoms with Crippen LogP contribution in [0.15, 0.2) is 59.2 Å². The fraction of sp³-hybridized carbons (Fsp3) is 0.105.